The molecule has 0 spiro atoms. The second-order valence-electron chi connectivity index (χ2n) is 7.09. The van der Waals surface area contributed by atoms with Gasteiger partial charge < -0.3 is 20.1 Å². The van der Waals surface area contributed by atoms with Crippen LogP contribution in [0.1, 0.15) is 36.8 Å². The largest absolute Gasteiger partial charge is 0.493 e. The minimum absolute atomic E-state index is 0. The van der Waals surface area contributed by atoms with Crippen LogP contribution in [0.2, 0.25) is 0 Å². The number of fused-ring (bicyclic) bond motifs is 2. The monoisotopic (exact) mass is 366 g/mol. The fourth-order valence-electron chi connectivity index (χ4n) is 4.11. The first-order valence-electron chi connectivity index (χ1n) is 9.17. The smallest absolute Gasteiger partial charge is 0.223 e. The van der Waals surface area contributed by atoms with E-state index in [9.17, 15) is 4.79 Å². The molecular weight excluding hydrogens is 340 g/mol. The summed E-state index contributed by atoms with van der Waals surface area (Å²) in [6.45, 7) is 3.10. The molecular formula is C19H27ClN2O3. The van der Waals surface area contributed by atoms with Gasteiger partial charge in [0.2, 0.25) is 5.91 Å². The fourth-order valence-corrected chi connectivity index (χ4v) is 4.11. The summed E-state index contributed by atoms with van der Waals surface area (Å²) in [7, 11) is 0. The zero-order valence-electron chi connectivity index (χ0n) is 14.5. The van der Waals surface area contributed by atoms with Crippen molar-refractivity contribution in [3.05, 3.63) is 29.3 Å². The minimum atomic E-state index is 0. The summed E-state index contributed by atoms with van der Waals surface area (Å²) in [5.41, 5.74) is 2.41. The third-order valence-corrected chi connectivity index (χ3v) is 5.44. The van der Waals surface area contributed by atoms with Gasteiger partial charge in [0.25, 0.3) is 0 Å². The first-order valence-corrected chi connectivity index (χ1v) is 9.17. The lowest BCUT2D eigenvalue weighted by atomic mass is 9.82. The summed E-state index contributed by atoms with van der Waals surface area (Å²) in [5.74, 6) is 1.27. The van der Waals surface area contributed by atoms with Gasteiger partial charge in [-0.25, -0.2) is 0 Å². The number of benzene rings is 1. The van der Waals surface area contributed by atoms with Gasteiger partial charge >= 0.3 is 0 Å². The number of aryl methyl sites for hydroxylation is 1. The molecule has 3 aliphatic rings. The van der Waals surface area contributed by atoms with E-state index in [0.717, 1.165) is 63.2 Å². The van der Waals surface area contributed by atoms with E-state index in [1.807, 2.05) is 6.07 Å². The Bertz CT molecular complexity index is 610. The SMILES string of the molecule is Cl.O=C(NCc1ccc2c(c1)CCCO2)[C@H]1CC[C@H]2OCCN[C@@H]2C1. The van der Waals surface area contributed by atoms with E-state index in [1.54, 1.807) is 0 Å². The molecule has 0 aromatic heterocycles. The molecule has 2 aliphatic heterocycles. The van der Waals surface area contributed by atoms with Crippen molar-refractivity contribution in [2.45, 2.75) is 50.8 Å². The van der Waals surface area contributed by atoms with Gasteiger partial charge in [0.15, 0.2) is 0 Å². The van der Waals surface area contributed by atoms with Crippen molar-refractivity contribution in [3.8, 4) is 5.75 Å². The van der Waals surface area contributed by atoms with Crippen LogP contribution >= 0.6 is 12.4 Å². The van der Waals surface area contributed by atoms with Crippen LogP contribution in [0, 0.1) is 5.92 Å². The molecule has 0 unspecified atom stereocenters. The lowest BCUT2D eigenvalue weighted by Gasteiger charge is -2.39. The Morgan fingerprint density at radius 2 is 2.20 bits per heavy atom. The summed E-state index contributed by atoms with van der Waals surface area (Å²) >= 11 is 0. The highest BCUT2D eigenvalue weighted by Crippen LogP contribution is 2.29. The van der Waals surface area contributed by atoms with Gasteiger partial charge in [0.1, 0.15) is 5.75 Å². The Kier molecular flexibility index (Phi) is 6.20. The molecule has 25 heavy (non-hydrogen) atoms. The molecule has 1 amide bonds. The predicted molar refractivity (Wildman–Crippen MR) is 98.2 cm³/mol. The normalized spacial score (nSPS) is 27.9. The molecule has 1 aliphatic carbocycles. The van der Waals surface area contributed by atoms with Crippen LogP contribution in [0.3, 0.4) is 0 Å². The zero-order chi connectivity index (χ0) is 16.4. The zero-order valence-corrected chi connectivity index (χ0v) is 15.3. The van der Waals surface area contributed by atoms with E-state index in [1.165, 1.54) is 5.56 Å². The number of hydrogen-bond acceptors (Lipinski definition) is 4. The van der Waals surface area contributed by atoms with Crippen LogP contribution in [0.5, 0.6) is 5.75 Å². The molecule has 2 heterocycles. The molecule has 1 aromatic carbocycles. The highest BCUT2D eigenvalue weighted by molar-refractivity contribution is 5.85. The standard InChI is InChI=1S/C19H26N2O3.ClH/c22-19(15-4-6-18-16(11-15)20-7-9-24-18)21-12-13-3-5-17-14(10-13)2-1-8-23-17;/h3,5,10,15-16,18,20H,1-2,4,6-9,11-12H2,(H,21,22);1H/t15-,16+,18+;/m0./s1. The van der Waals surface area contributed by atoms with E-state index in [-0.39, 0.29) is 24.2 Å². The highest BCUT2D eigenvalue weighted by Gasteiger charge is 2.35. The second-order valence-corrected chi connectivity index (χ2v) is 7.09. The maximum absolute atomic E-state index is 12.5. The third kappa shape index (κ3) is 4.27. The minimum Gasteiger partial charge on any atom is -0.493 e. The number of hydrogen-bond donors (Lipinski definition) is 2. The Hall–Kier alpha value is -1.30. The van der Waals surface area contributed by atoms with E-state index in [2.05, 4.69) is 22.8 Å². The molecule has 0 radical (unpaired) electrons. The summed E-state index contributed by atoms with van der Waals surface area (Å²) in [6, 6.07) is 6.59. The molecule has 4 rings (SSSR count). The van der Waals surface area contributed by atoms with E-state index in [4.69, 9.17) is 9.47 Å². The topological polar surface area (TPSA) is 59.6 Å². The number of rotatable bonds is 3. The van der Waals surface area contributed by atoms with Crippen LogP contribution in [-0.4, -0.2) is 37.8 Å². The number of ether oxygens (including phenoxy) is 2. The molecule has 6 heteroatoms. The number of morpholine rings is 1. The first kappa shape index (κ1) is 18.5. The lowest BCUT2D eigenvalue weighted by Crippen LogP contribution is -2.53. The Morgan fingerprint density at radius 1 is 1.28 bits per heavy atom. The number of carbonyl (C=O) groups is 1. The highest BCUT2D eigenvalue weighted by atomic mass is 35.5. The number of amides is 1. The van der Waals surface area contributed by atoms with Crippen molar-refractivity contribution < 1.29 is 14.3 Å². The Labute approximate surface area is 155 Å². The van der Waals surface area contributed by atoms with E-state index in [0.29, 0.717) is 18.7 Å². The van der Waals surface area contributed by atoms with Crippen LogP contribution in [0.25, 0.3) is 0 Å². The fraction of sp³-hybridized carbons (Fsp3) is 0.632. The maximum Gasteiger partial charge on any atom is 0.223 e. The summed E-state index contributed by atoms with van der Waals surface area (Å²) < 4.78 is 11.4. The van der Waals surface area contributed by atoms with E-state index >= 15 is 0 Å². The maximum atomic E-state index is 12.5. The van der Waals surface area contributed by atoms with Crippen molar-refractivity contribution in [3.63, 3.8) is 0 Å². The van der Waals surface area contributed by atoms with Crippen molar-refractivity contribution in [1.82, 2.24) is 10.6 Å². The van der Waals surface area contributed by atoms with Gasteiger partial charge in [-0.2, -0.15) is 0 Å². The molecule has 1 saturated carbocycles. The Balaban J connectivity index is 0.00000182. The third-order valence-electron chi connectivity index (χ3n) is 5.44. The molecule has 138 valence electrons. The lowest BCUT2D eigenvalue weighted by molar-refractivity contribution is -0.128. The summed E-state index contributed by atoms with van der Waals surface area (Å²) in [5, 5.41) is 6.62. The molecule has 2 fully saturated rings. The first-order chi connectivity index (χ1) is 11.8. The molecule has 5 nitrogen and oxygen atoms in total. The quantitative estimate of drug-likeness (QED) is 0.861. The van der Waals surface area contributed by atoms with Crippen molar-refractivity contribution in [2.75, 3.05) is 19.8 Å². The number of carbonyl (C=O) groups excluding carboxylic acids is 1. The van der Waals surface area contributed by atoms with Crippen LogP contribution in [0.4, 0.5) is 0 Å². The Morgan fingerprint density at radius 3 is 3.12 bits per heavy atom. The predicted octanol–water partition coefficient (Wildman–Crippen LogP) is 2.21. The molecule has 0 bridgehead atoms. The molecule has 1 aromatic rings. The van der Waals surface area contributed by atoms with Crippen molar-refractivity contribution in [2.24, 2.45) is 5.92 Å². The average molecular weight is 367 g/mol. The van der Waals surface area contributed by atoms with Gasteiger partial charge in [-0.3, -0.25) is 4.79 Å². The van der Waals surface area contributed by atoms with Gasteiger partial charge in [-0.15, -0.1) is 12.4 Å². The molecule has 3 atom stereocenters. The van der Waals surface area contributed by atoms with Gasteiger partial charge in [0.05, 0.1) is 19.3 Å². The van der Waals surface area contributed by atoms with Crippen molar-refractivity contribution in [1.29, 1.82) is 0 Å². The van der Waals surface area contributed by atoms with Gasteiger partial charge in [-0.1, -0.05) is 12.1 Å². The average Bonchev–Trinajstić information content (AvgIpc) is 2.65. The summed E-state index contributed by atoms with van der Waals surface area (Å²) in [6.07, 6.45) is 5.22. The van der Waals surface area contributed by atoms with Crippen LogP contribution in [-0.2, 0) is 22.5 Å². The van der Waals surface area contributed by atoms with Crippen molar-refractivity contribution >= 4 is 18.3 Å². The summed E-state index contributed by atoms with van der Waals surface area (Å²) in [4.78, 5) is 12.5. The van der Waals surface area contributed by atoms with Gasteiger partial charge in [0, 0.05) is 25.0 Å². The second kappa shape index (κ2) is 8.39. The molecule has 1 saturated heterocycles. The van der Waals surface area contributed by atoms with Gasteiger partial charge in [-0.05, 0) is 49.3 Å². The van der Waals surface area contributed by atoms with Crippen LogP contribution in [0.15, 0.2) is 18.2 Å². The molecule has 2 N–H and O–H groups in total. The number of nitrogens with one attached hydrogen (secondary N) is 2. The van der Waals surface area contributed by atoms with Crippen LogP contribution < -0.4 is 15.4 Å². The number of halogens is 1. The van der Waals surface area contributed by atoms with E-state index < -0.39 is 0 Å².